The van der Waals surface area contributed by atoms with Crippen molar-refractivity contribution >= 4 is 29.1 Å². The van der Waals surface area contributed by atoms with E-state index < -0.39 is 0 Å². The molecule has 2 fully saturated rings. The molecule has 182 valence electrons. The van der Waals surface area contributed by atoms with Crippen molar-refractivity contribution < 1.29 is 14.3 Å². The maximum Gasteiger partial charge on any atom is 0.257 e. The van der Waals surface area contributed by atoms with Crippen molar-refractivity contribution in [1.29, 1.82) is 0 Å². The summed E-state index contributed by atoms with van der Waals surface area (Å²) in [5.41, 5.74) is 3.79. The highest BCUT2D eigenvalue weighted by atomic mass is 35.5. The lowest BCUT2D eigenvalue weighted by atomic mass is 10.1. The van der Waals surface area contributed by atoms with Crippen molar-refractivity contribution in [1.82, 2.24) is 9.88 Å². The molecular weight excluding hydrogens is 462 g/mol. The molecule has 1 aliphatic heterocycles. The monoisotopic (exact) mass is 491 g/mol. The summed E-state index contributed by atoms with van der Waals surface area (Å²) < 4.78 is 5.25. The Morgan fingerprint density at radius 3 is 2.26 bits per heavy atom. The van der Waals surface area contributed by atoms with Crippen molar-refractivity contribution in [3.63, 3.8) is 0 Å². The van der Waals surface area contributed by atoms with Gasteiger partial charge in [-0.1, -0.05) is 43.6 Å². The molecule has 35 heavy (non-hydrogen) atoms. The first-order chi connectivity index (χ1) is 16.9. The Hall–Kier alpha value is -3.38. The van der Waals surface area contributed by atoms with E-state index in [2.05, 4.69) is 22.4 Å². The van der Waals surface area contributed by atoms with Gasteiger partial charge in [0.1, 0.15) is 10.9 Å². The number of amides is 2. The van der Waals surface area contributed by atoms with E-state index in [9.17, 15) is 9.59 Å². The zero-order valence-electron chi connectivity index (χ0n) is 20.4. The van der Waals surface area contributed by atoms with Gasteiger partial charge in [-0.05, 0) is 72.2 Å². The second-order valence-electron chi connectivity index (χ2n) is 8.69. The largest absolute Gasteiger partial charge is 0.497 e. The molecule has 2 atom stereocenters. The number of aryl methyl sites for hydroxylation is 1. The number of carbonyl (C=O) groups excluding carboxylic acids is 2. The lowest BCUT2D eigenvalue weighted by Crippen LogP contribution is -2.31. The molecule has 2 heterocycles. The third-order valence-electron chi connectivity index (χ3n) is 6.70. The highest BCUT2D eigenvalue weighted by Crippen LogP contribution is 2.58. The Balaban J connectivity index is 0.00000141. The first-order valence-corrected chi connectivity index (χ1v) is 12.3. The molecule has 1 N–H and O–H groups in total. The lowest BCUT2D eigenvalue weighted by molar-refractivity contribution is 0.0772. The van der Waals surface area contributed by atoms with Crippen molar-refractivity contribution in [2.45, 2.75) is 26.7 Å². The first-order valence-electron chi connectivity index (χ1n) is 11.9. The van der Waals surface area contributed by atoms with Crippen LogP contribution in [0.5, 0.6) is 5.75 Å². The molecule has 0 bridgehead atoms. The zero-order chi connectivity index (χ0) is 25.1. The van der Waals surface area contributed by atoms with E-state index in [-0.39, 0.29) is 11.8 Å². The number of hydrogen-bond acceptors (Lipinski definition) is 4. The third-order valence-corrected chi connectivity index (χ3v) is 6.93. The molecular formula is C28H30ClN3O3. The van der Waals surface area contributed by atoms with Gasteiger partial charge < -0.3 is 15.0 Å². The zero-order valence-corrected chi connectivity index (χ0v) is 21.2. The van der Waals surface area contributed by atoms with E-state index in [1.165, 1.54) is 11.8 Å². The molecule has 0 radical (unpaired) electrons. The van der Waals surface area contributed by atoms with E-state index in [0.717, 1.165) is 24.4 Å². The second-order valence-corrected chi connectivity index (χ2v) is 9.08. The van der Waals surface area contributed by atoms with E-state index in [0.29, 0.717) is 39.7 Å². The fourth-order valence-corrected chi connectivity index (χ4v) is 4.90. The highest BCUT2D eigenvalue weighted by molar-refractivity contribution is 6.29. The van der Waals surface area contributed by atoms with Crippen LogP contribution in [0.2, 0.25) is 5.15 Å². The van der Waals surface area contributed by atoms with Gasteiger partial charge in [-0.15, -0.1) is 0 Å². The molecule has 2 aromatic carbocycles. The summed E-state index contributed by atoms with van der Waals surface area (Å²) in [6, 6.07) is 16.9. The molecule has 5 rings (SSSR count). The fraction of sp³-hybridized carbons (Fsp3) is 0.321. The highest BCUT2D eigenvalue weighted by Gasteiger charge is 2.57. The Kier molecular flexibility index (Phi) is 7.41. The van der Waals surface area contributed by atoms with Gasteiger partial charge >= 0.3 is 0 Å². The van der Waals surface area contributed by atoms with Crippen LogP contribution >= 0.6 is 11.6 Å². The summed E-state index contributed by atoms with van der Waals surface area (Å²) in [5, 5.41) is 3.21. The predicted octanol–water partition coefficient (Wildman–Crippen LogP) is 5.82. The number of fused-ring (bicyclic) bond motifs is 1. The number of piperidine rings is 1. The molecule has 6 nitrogen and oxygen atoms in total. The number of rotatable bonds is 5. The molecule has 1 aliphatic carbocycles. The number of aromatic nitrogens is 1. The number of nitrogens with one attached hydrogen (secondary N) is 1. The molecule has 1 saturated heterocycles. The van der Waals surface area contributed by atoms with Gasteiger partial charge in [0.05, 0.1) is 12.7 Å². The van der Waals surface area contributed by atoms with Crippen LogP contribution in [-0.4, -0.2) is 41.9 Å². The van der Waals surface area contributed by atoms with Gasteiger partial charge in [0.25, 0.3) is 11.8 Å². The number of anilines is 1. The fourth-order valence-electron chi connectivity index (χ4n) is 4.79. The summed E-state index contributed by atoms with van der Waals surface area (Å²) in [4.78, 5) is 31.6. The molecule has 7 heteroatoms. The topological polar surface area (TPSA) is 71.5 Å². The standard InChI is InChI=1S/C26H24ClN3O3.C2H6/c1-15-3-4-17(11-22(15)29-25(31)18-7-10-23(27)28-12-18)26(32)30-13-20-21(14-30)24(20)16-5-8-19(33-2)9-6-16;1-2/h3-12,20-21,24H,13-14H2,1-2H3,(H,29,31);1-2H3. The Labute approximate surface area is 211 Å². The first kappa shape index (κ1) is 24.7. The van der Waals surface area contributed by atoms with Crippen LogP contribution in [0.1, 0.15) is 51.6 Å². The van der Waals surface area contributed by atoms with Crippen molar-refractivity contribution in [2.75, 3.05) is 25.5 Å². The van der Waals surface area contributed by atoms with Gasteiger partial charge in [-0.3, -0.25) is 9.59 Å². The Morgan fingerprint density at radius 2 is 1.66 bits per heavy atom. The molecule has 2 amide bonds. The maximum absolute atomic E-state index is 13.2. The number of nitrogens with zero attached hydrogens (tertiary/aromatic N) is 2. The van der Waals surface area contributed by atoms with Gasteiger partial charge in [0, 0.05) is 30.5 Å². The maximum atomic E-state index is 13.2. The minimum Gasteiger partial charge on any atom is -0.497 e. The van der Waals surface area contributed by atoms with Crippen LogP contribution in [0.3, 0.4) is 0 Å². The summed E-state index contributed by atoms with van der Waals surface area (Å²) in [6.07, 6.45) is 1.43. The SMILES string of the molecule is CC.COc1ccc(C2C3CN(C(=O)c4ccc(C)c(NC(=O)c5ccc(Cl)nc5)c4)CC32)cc1. The number of methoxy groups -OCH3 is 1. The second kappa shape index (κ2) is 10.5. The van der Waals surface area contributed by atoms with Gasteiger partial charge in [0.2, 0.25) is 0 Å². The third kappa shape index (κ3) is 5.17. The van der Waals surface area contributed by atoms with Crippen molar-refractivity contribution in [2.24, 2.45) is 11.8 Å². The minimum absolute atomic E-state index is 0.000612. The van der Waals surface area contributed by atoms with Crippen molar-refractivity contribution in [3.8, 4) is 5.75 Å². The van der Waals surface area contributed by atoms with Crippen LogP contribution in [0.25, 0.3) is 0 Å². The minimum atomic E-state index is -0.295. The smallest absolute Gasteiger partial charge is 0.257 e. The summed E-state index contributed by atoms with van der Waals surface area (Å²) in [7, 11) is 1.67. The molecule has 1 aromatic heterocycles. The quantitative estimate of drug-likeness (QED) is 0.457. The number of ether oxygens (including phenoxy) is 1. The Bertz CT molecular complexity index is 1200. The van der Waals surface area contributed by atoms with E-state index >= 15 is 0 Å². The summed E-state index contributed by atoms with van der Waals surface area (Å²) >= 11 is 5.80. The number of carbonyl (C=O) groups is 2. The van der Waals surface area contributed by atoms with Crippen LogP contribution < -0.4 is 10.1 Å². The van der Waals surface area contributed by atoms with E-state index in [1.807, 2.05) is 49.9 Å². The number of halogens is 1. The van der Waals surface area contributed by atoms with Crippen LogP contribution in [-0.2, 0) is 0 Å². The van der Waals surface area contributed by atoms with Gasteiger partial charge in [0.15, 0.2) is 0 Å². The normalized spacial score (nSPS) is 19.8. The summed E-state index contributed by atoms with van der Waals surface area (Å²) in [5.74, 6) is 2.08. The van der Waals surface area contributed by atoms with E-state index in [1.54, 1.807) is 25.3 Å². The van der Waals surface area contributed by atoms with Crippen LogP contribution in [0.15, 0.2) is 60.8 Å². The Morgan fingerprint density at radius 1 is 1.00 bits per heavy atom. The number of likely N-dealkylation sites (tertiary alicyclic amines) is 1. The number of pyridine rings is 1. The lowest BCUT2D eigenvalue weighted by Gasteiger charge is -2.21. The molecule has 1 saturated carbocycles. The average molecular weight is 492 g/mol. The summed E-state index contributed by atoms with van der Waals surface area (Å²) in [6.45, 7) is 7.41. The molecule has 3 aromatic rings. The number of hydrogen-bond donors (Lipinski definition) is 1. The van der Waals surface area contributed by atoms with E-state index in [4.69, 9.17) is 16.3 Å². The number of benzene rings is 2. The van der Waals surface area contributed by atoms with Gasteiger partial charge in [-0.2, -0.15) is 0 Å². The molecule has 2 aliphatic rings. The van der Waals surface area contributed by atoms with Crippen molar-refractivity contribution in [3.05, 3.63) is 88.2 Å². The molecule has 0 spiro atoms. The van der Waals surface area contributed by atoms with Crippen LogP contribution in [0, 0.1) is 18.8 Å². The average Bonchev–Trinajstić information content (AvgIpc) is 3.38. The van der Waals surface area contributed by atoms with Crippen LogP contribution in [0.4, 0.5) is 5.69 Å². The molecule has 2 unspecified atom stereocenters. The van der Waals surface area contributed by atoms with Gasteiger partial charge in [-0.25, -0.2) is 4.98 Å². The predicted molar refractivity (Wildman–Crippen MR) is 138 cm³/mol.